The Hall–Kier alpha value is -7.25. The molecule has 0 aromatic heterocycles. The number of benzene rings is 3. The molecular formula is C58H67N5O18. The maximum absolute atomic E-state index is 14.7. The molecular weight excluding hydrogens is 1050 g/mol. The van der Waals surface area contributed by atoms with Crippen LogP contribution in [0.3, 0.4) is 0 Å². The third-order valence-corrected chi connectivity index (χ3v) is 16.1. The number of carbonyl (C=O) groups is 9. The van der Waals surface area contributed by atoms with Gasteiger partial charge in [-0.25, -0.2) is 4.79 Å². The molecule has 3 aromatic carbocycles. The number of nitrogens with zero attached hydrogens (tertiary/aromatic N) is 2. The molecule has 6 aliphatic rings. The Labute approximate surface area is 466 Å². The minimum absolute atomic E-state index is 0.0125. The smallest absolute Gasteiger partial charge is 0.411 e. The van der Waals surface area contributed by atoms with E-state index in [0.717, 1.165) is 4.90 Å². The molecule has 0 radical (unpaired) electrons. The predicted octanol–water partition coefficient (Wildman–Crippen LogP) is 4.64. The lowest BCUT2D eigenvalue weighted by Gasteiger charge is -2.43. The average molecular weight is 1120 g/mol. The van der Waals surface area contributed by atoms with Gasteiger partial charge in [0.1, 0.15) is 41.6 Å². The molecule has 6 N–H and O–H groups in total. The van der Waals surface area contributed by atoms with Gasteiger partial charge < -0.3 is 54.4 Å². The molecule has 3 fully saturated rings. The Morgan fingerprint density at radius 1 is 0.864 bits per heavy atom. The van der Waals surface area contributed by atoms with Crippen molar-refractivity contribution < 1.29 is 86.9 Å². The molecule has 2 aliphatic carbocycles. The molecule has 0 spiro atoms. The van der Waals surface area contributed by atoms with Gasteiger partial charge in [0.15, 0.2) is 36.2 Å². The number of hydrogen-bond acceptors (Lipinski definition) is 19. The second-order valence-electron chi connectivity index (χ2n) is 21.8. The predicted molar refractivity (Wildman–Crippen MR) is 284 cm³/mol. The van der Waals surface area contributed by atoms with Gasteiger partial charge >= 0.3 is 6.09 Å². The summed E-state index contributed by atoms with van der Waals surface area (Å²) in [6.07, 6.45) is -1.70. The lowest BCUT2D eigenvalue weighted by Crippen LogP contribution is -2.55. The summed E-state index contributed by atoms with van der Waals surface area (Å²) in [5.41, 5.74) is -3.30. The number of ketones is 4. The van der Waals surface area contributed by atoms with Crippen molar-refractivity contribution in [3.05, 3.63) is 93.6 Å². The highest BCUT2D eigenvalue weighted by Crippen LogP contribution is 2.53. The molecule has 23 nitrogen and oxygen atoms in total. The van der Waals surface area contributed by atoms with E-state index in [2.05, 4.69) is 20.9 Å². The molecule has 9 rings (SSSR count). The Kier molecular flexibility index (Phi) is 17.4. The van der Waals surface area contributed by atoms with Crippen LogP contribution in [0.15, 0.2) is 54.6 Å². The molecule has 5 amide bonds. The number of aromatic hydroxyl groups is 2. The number of aliphatic hydroxyl groups is 1. The van der Waals surface area contributed by atoms with Crippen LogP contribution < -0.4 is 16.0 Å². The summed E-state index contributed by atoms with van der Waals surface area (Å²) in [7, 11) is 1.52. The summed E-state index contributed by atoms with van der Waals surface area (Å²) < 4.78 is 35.9. The minimum Gasteiger partial charge on any atom is -0.507 e. The van der Waals surface area contributed by atoms with Crippen LogP contribution in [0.2, 0.25) is 0 Å². The molecule has 1 unspecified atom stereocenters. The maximum Gasteiger partial charge on any atom is 0.411 e. The largest absolute Gasteiger partial charge is 0.507 e. The van der Waals surface area contributed by atoms with Crippen molar-refractivity contribution in [2.45, 2.75) is 147 Å². The van der Waals surface area contributed by atoms with Crippen LogP contribution >= 0.6 is 0 Å². The molecule has 0 bridgehead atoms. The zero-order valence-corrected chi connectivity index (χ0v) is 45.8. The van der Waals surface area contributed by atoms with Crippen molar-refractivity contribution in [3.8, 4) is 11.5 Å². The van der Waals surface area contributed by atoms with E-state index in [0.29, 0.717) is 43.7 Å². The molecule has 3 saturated heterocycles. The number of anilines is 2. The van der Waals surface area contributed by atoms with Crippen molar-refractivity contribution in [3.63, 3.8) is 0 Å². The van der Waals surface area contributed by atoms with E-state index in [1.54, 1.807) is 24.3 Å². The summed E-state index contributed by atoms with van der Waals surface area (Å²) in [6, 6.07) is 9.16. The zero-order valence-electron chi connectivity index (χ0n) is 45.8. The van der Waals surface area contributed by atoms with Crippen LogP contribution in [-0.2, 0) is 70.2 Å². The van der Waals surface area contributed by atoms with Gasteiger partial charge in [-0.15, -0.1) is 0 Å². The maximum atomic E-state index is 14.7. The van der Waals surface area contributed by atoms with Crippen LogP contribution in [0.5, 0.6) is 11.5 Å². The molecule has 3 aromatic rings. The Morgan fingerprint density at radius 3 is 2.27 bits per heavy atom. The highest BCUT2D eigenvalue weighted by atomic mass is 16.7. The molecule has 0 saturated carbocycles. The van der Waals surface area contributed by atoms with Gasteiger partial charge in [0.25, 0.3) is 11.8 Å². The van der Waals surface area contributed by atoms with Crippen molar-refractivity contribution in [1.29, 1.82) is 0 Å². The molecule has 81 heavy (non-hydrogen) atoms. The Bertz CT molecular complexity index is 3050. The molecule has 23 heteroatoms. The van der Waals surface area contributed by atoms with E-state index >= 15 is 0 Å². The fraction of sp³-hybridized carbons (Fsp3) is 0.500. The topological polar surface area (TPSA) is 312 Å². The number of morpholine rings is 1. The van der Waals surface area contributed by atoms with E-state index in [9.17, 15) is 58.5 Å². The number of nitrogens with one attached hydrogen (secondary N) is 3. The van der Waals surface area contributed by atoms with Crippen molar-refractivity contribution in [2.75, 3.05) is 37.4 Å². The van der Waals surface area contributed by atoms with E-state index in [4.69, 9.17) is 28.4 Å². The minimum atomic E-state index is -2.11. The van der Waals surface area contributed by atoms with E-state index < -0.39 is 119 Å². The van der Waals surface area contributed by atoms with Crippen molar-refractivity contribution in [2.24, 2.45) is 11.8 Å². The first-order valence-electron chi connectivity index (χ1n) is 27.2. The second-order valence-corrected chi connectivity index (χ2v) is 21.8. The number of unbranched alkanes of at least 4 members (excludes halogenated alkanes) is 2. The van der Waals surface area contributed by atoms with Gasteiger partial charge in [0.2, 0.25) is 11.8 Å². The summed E-state index contributed by atoms with van der Waals surface area (Å²) in [6.45, 7) is 9.04. The second kappa shape index (κ2) is 24.1. The van der Waals surface area contributed by atoms with Gasteiger partial charge in [0, 0.05) is 98.8 Å². The van der Waals surface area contributed by atoms with Crippen LogP contribution in [0.1, 0.15) is 134 Å². The van der Waals surface area contributed by atoms with Gasteiger partial charge in [-0.3, -0.25) is 53.5 Å². The Morgan fingerprint density at radius 2 is 1.58 bits per heavy atom. The fourth-order valence-corrected chi connectivity index (χ4v) is 11.6. The van der Waals surface area contributed by atoms with Gasteiger partial charge in [-0.2, -0.15) is 0 Å². The highest BCUT2D eigenvalue weighted by molar-refractivity contribution is 6.32. The van der Waals surface area contributed by atoms with Crippen LogP contribution in [0.4, 0.5) is 16.2 Å². The molecule has 4 heterocycles. The van der Waals surface area contributed by atoms with E-state index in [1.807, 2.05) is 20.8 Å². The average Bonchev–Trinajstić information content (AvgIpc) is 4.14. The Balaban J connectivity index is 0.811. The number of phenolic OH excluding ortho intramolecular Hbond substituents is 2. The summed E-state index contributed by atoms with van der Waals surface area (Å²) in [5, 5.41) is 43.8. The molecule has 10 atom stereocenters. The molecule has 4 aliphatic heterocycles. The molecule has 432 valence electrons. The number of imide groups is 1. The SMILES string of the molecule is CO[C@H]1OCCN2[C@@H]1O[C@@H]1[C@H](C)OC(O[C@H]3C[C@](O)(C(C)=O)Cc4c(O)c5c(c(O)c43)C(=O)c3c(NC(=O)OCc4ccc(NC(=O)[C@H](C)NC(=O)[C@@H](CC(=O)CCCCCN6C(=O)C=CC6=O)C(C)C)cc4)cccc3C5=O)C[C@@H]12. The third kappa shape index (κ3) is 11.9. The van der Waals surface area contributed by atoms with E-state index in [1.165, 1.54) is 51.3 Å². The number of carbonyl (C=O) groups excluding carboxylic acids is 9. The van der Waals surface area contributed by atoms with Gasteiger partial charge in [-0.05, 0) is 63.3 Å². The number of Topliss-reactive ketones (excluding diaryl/α,β-unsaturated/α-hetero) is 2. The first-order chi connectivity index (χ1) is 38.6. The summed E-state index contributed by atoms with van der Waals surface area (Å²) >= 11 is 0. The summed E-state index contributed by atoms with van der Waals surface area (Å²) in [5.74, 6) is -6.58. The number of fused-ring (bicyclic) bond motifs is 6. The van der Waals surface area contributed by atoms with Crippen LogP contribution in [0, 0.1) is 11.8 Å². The number of methoxy groups -OCH3 is 1. The zero-order chi connectivity index (χ0) is 58.2. The normalized spacial score (nSPS) is 25.5. The van der Waals surface area contributed by atoms with Crippen molar-refractivity contribution >= 4 is 64.2 Å². The van der Waals surface area contributed by atoms with Gasteiger partial charge in [-0.1, -0.05) is 44.5 Å². The number of amides is 5. The fourth-order valence-electron chi connectivity index (χ4n) is 11.6. The third-order valence-electron chi connectivity index (χ3n) is 16.1. The number of ether oxygens (including phenoxy) is 6. The van der Waals surface area contributed by atoms with E-state index in [-0.39, 0.29) is 96.0 Å². The number of hydrogen-bond donors (Lipinski definition) is 6. The van der Waals surface area contributed by atoms with Crippen LogP contribution in [0.25, 0.3) is 0 Å². The summed E-state index contributed by atoms with van der Waals surface area (Å²) in [4.78, 5) is 122. The lowest BCUT2D eigenvalue weighted by atomic mass is 9.72. The van der Waals surface area contributed by atoms with Crippen LogP contribution in [-0.4, -0.2) is 153 Å². The first kappa shape index (κ1) is 58.4. The number of phenols is 2. The number of rotatable bonds is 20. The van der Waals surface area contributed by atoms with Crippen molar-refractivity contribution in [1.82, 2.24) is 15.1 Å². The first-order valence-corrected chi connectivity index (χ1v) is 27.2. The standard InChI is InChI=1S/C58H67N5O18/c1-28(2)36(23-34(65)11-8-7-9-20-63-41(66)18-19-42(63)67)54(73)59-29(3)53(72)60-33-16-14-32(15-17-33)27-78-57(74)61-38-13-10-12-35-44(38)50(70)47-46(48(35)68)49(69)37-25-58(75,31(5)64)26-40(45(37)51(47)71)80-43-24-39-52(30(4)79-43)81-55-56(76-6)77-22-21-62(39)55/h10,12-19,28-30,36,39-40,43,52,55-56,69,71,75H,7-9,11,20-27H2,1-6H3,(H,59,73)(H,60,72)(H,61,74)/t29-,30-,36-,39-,40-,43?,52+,55+,56-,58-/m0/s1. The quantitative estimate of drug-likeness (QED) is 0.0399. The van der Waals surface area contributed by atoms with Gasteiger partial charge in [0.05, 0.1) is 41.2 Å². The highest BCUT2D eigenvalue weighted by Gasteiger charge is 2.55. The lowest BCUT2D eigenvalue weighted by molar-refractivity contribution is -0.256. The monoisotopic (exact) mass is 1120 g/mol.